The molecule has 0 bridgehead atoms. The molecule has 1 fully saturated rings. The molecule has 1 saturated carbocycles. The van der Waals surface area contributed by atoms with Crippen LogP contribution < -0.4 is 5.32 Å². The van der Waals surface area contributed by atoms with Crippen molar-refractivity contribution in [2.24, 2.45) is 0 Å². The van der Waals surface area contributed by atoms with Crippen molar-refractivity contribution in [2.45, 2.75) is 44.3 Å². The minimum atomic E-state index is -0.0742. The van der Waals surface area contributed by atoms with E-state index in [1.807, 2.05) is 32.0 Å². The van der Waals surface area contributed by atoms with Gasteiger partial charge in [0.2, 0.25) is 5.91 Å². The Labute approximate surface area is 162 Å². The molecule has 1 amide bonds. The summed E-state index contributed by atoms with van der Waals surface area (Å²) < 4.78 is 2.15. The number of rotatable bonds is 7. The highest BCUT2D eigenvalue weighted by Crippen LogP contribution is 2.40. The summed E-state index contributed by atoms with van der Waals surface area (Å²) in [5, 5.41) is 19.5. The Kier molecular flexibility index (Phi) is 4.98. The molecular weight excluding hydrogens is 360 g/mol. The first-order valence-corrected chi connectivity index (χ1v) is 10.0. The van der Waals surface area contributed by atoms with Crippen LogP contribution in [0.25, 0.3) is 0 Å². The molecule has 0 saturated heterocycles. The topological polar surface area (TPSA) is 88.5 Å². The Balaban J connectivity index is 1.46. The zero-order chi connectivity index (χ0) is 18.8. The Morgan fingerprint density at radius 2 is 2.04 bits per heavy atom. The molecule has 4 rings (SSSR count). The predicted molar refractivity (Wildman–Crippen MR) is 105 cm³/mol. The summed E-state index contributed by atoms with van der Waals surface area (Å²) in [5.41, 5.74) is 3.60. The van der Waals surface area contributed by atoms with Crippen LogP contribution in [-0.4, -0.2) is 36.6 Å². The molecule has 1 aliphatic rings. The van der Waals surface area contributed by atoms with Crippen molar-refractivity contribution in [3.63, 3.8) is 0 Å². The van der Waals surface area contributed by atoms with E-state index in [2.05, 4.69) is 42.4 Å². The van der Waals surface area contributed by atoms with Gasteiger partial charge in [-0.2, -0.15) is 5.10 Å². The monoisotopic (exact) mass is 382 g/mol. The van der Waals surface area contributed by atoms with Crippen molar-refractivity contribution >= 4 is 23.4 Å². The molecule has 2 heterocycles. The first kappa shape index (κ1) is 17.8. The number of benzene rings is 1. The van der Waals surface area contributed by atoms with Gasteiger partial charge in [-0.1, -0.05) is 42.1 Å². The molecule has 1 aromatic carbocycles. The van der Waals surface area contributed by atoms with Gasteiger partial charge in [-0.05, 0) is 32.3 Å². The number of thioether (sulfide) groups is 1. The number of hydrogen-bond donors (Lipinski definition) is 2. The molecule has 27 heavy (non-hydrogen) atoms. The normalized spacial score (nSPS) is 13.7. The average molecular weight is 382 g/mol. The minimum absolute atomic E-state index is 0.0742. The van der Waals surface area contributed by atoms with Crippen LogP contribution in [0.5, 0.6) is 0 Å². The summed E-state index contributed by atoms with van der Waals surface area (Å²) in [6.45, 7) is 4.48. The maximum absolute atomic E-state index is 12.4. The molecule has 8 heteroatoms. The van der Waals surface area contributed by atoms with E-state index in [1.54, 1.807) is 0 Å². The Morgan fingerprint density at radius 1 is 1.26 bits per heavy atom. The zero-order valence-corrected chi connectivity index (χ0v) is 16.2. The fraction of sp³-hybridized carbons (Fsp3) is 0.368. The smallest absolute Gasteiger partial charge is 0.234 e. The maximum atomic E-state index is 12.4. The first-order chi connectivity index (χ1) is 13.1. The molecule has 0 spiro atoms. The van der Waals surface area contributed by atoms with Crippen molar-refractivity contribution < 1.29 is 4.79 Å². The number of nitrogens with zero attached hydrogens (tertiary/aromatic N) is 4. The number of aryl methyl sites for hydroxylation is 2. The van der Waals surface area contributed by atoms with Crippen LogP contribution in [0.4, 0.5) is 5.69 Å². The highest BCUT2D eigenvalue weighted by Gasteiger charge is 2.30. The van der Waals surface area contributed by atoms with Crippen molar-refractivity contribution in [1.82, 2.24) is 25.0 Å². The van der Waals surface area contributed by atoms with Crippen LogP contribution in [0.15, 0.2) is 35.5 Å². The third kappa shape index (κ3) is 4.05. The lowest BCUT2D eigenvalue weighted by Crippen LogP contribution is -2.16. The van der Waals surface area contributed by atoms with E-state index in [0.717, 1.165) is 47.4 Å². The van der Waals surface area contributed by atoms with E-state index in [9.17, 15) is 4.79 Å². The van der Waals surface area contributed by atoms with Gasteiger partial charge in [0.15, 0.2) is 5.16 Å². The molecule has 2 N–H and O–H groups in total. The fourth-order valence-electron chi connectivity index (χ4n) is 3.01. The van der Waals surface area contributed by atoms with E-state index in [-0.39, 0.29) is 11.7 Å². The summed E-state index contributed by atoms with van der Waals surface area (Å²) in [4.78, 5) is 12.4. The van der Waals surface area contributed by atoms with Crippen LogP contribution in [-0.2, 0) is 11.3 Å². The molecule has 3 aromatic rings. The average Bonchev–Trinajstić information content (AvgIpc) is 3.37. The number of nitrogens with one attached hydrogen (secondary N) is 2. The summed E-state index contributed by atoms with van der Waals surface area (Å²) in [5.74, 6) is 1.74. The highest BCUT2D eigenvalue weighted by molar-refractivity contribution is 7.99. The van der Waals surface area contributed by atoms with Crippen LogP contribution >= 0.6 is 11.8 Å². The van der Waals surface area contributed by atoms with E-state index in [4.69, 9.17) is 0 Å². The zero-order valence-electron chi connectivity index (χ0n) is 15.4. The van der Waals surface area contributed by atoms with Crippen molar-refractivity contribution in [1.29, 1.82) is 0 Å². The van der Waals surface area contributed by atoms with Gasteiger partial charge in [0, 0.05) is 5.92 Å². The van der Waals surface area contributed by atoms with E-state index in [0.29, 0.717) is 5.92 Å². The Bertz CT molecular complexity index is 925. The number of hydrogen-bond acceptors (Lipinski definition) is 5. The molecule has 140 valence electrons. The molecular formula is C19H22N6OS. The molecule has 7 nitrogen and oxygen atoms in total. The lowest BCUT2D eigenvalue weighted by Gasteiger charge is -2.10. The van der Waals surface area contributed by atoms with E-state index >= 15 is 0 Å². The number of carbonyl (C=O) groups is 1. The number of aromatic amines is 1. The maximum Gasteiger partial charge on any atom is 0.234 e. The van der Waals surface area contributed by atoms with Gasteiger partial charge in [-0.15, -0.1) is 10.2 Å². The summed E-state index contributed by atoms with van der Waals surface area (Å²) in [6.07, 6.45) is 2.33. The summed E-state index contributed by atoms with van der Waals surface area (Å²) in [6, 6.07) is 10.3. The Hall–Kier alpha value is -2.61. The second-order valence-electron chi connectivity index (χ2n) is 6.83. The third-order valence-electron chi connectivity index (χ3n) is 4.60. The number of anilines is 1. The van der Waals surface area contributed by atoms with Crippen LogP contribution in [0.2, 0.25) is 0 Å². The van der Waals surface area contributed by atoms with Gasteiger partial charge < -0.3 is 9.88 Å². The largest absolute Gasteiger partial charge is 0.322 e. The second-order valence-corrected chi connectivity index (χ2v) is 7.78. The lowest BCUT2D eigenvalue weighted by atomic mass is 10.2. The molecule has 0 atom stereocenters. The number of amides is 1. The van der Waals surface area contributed by atoms with Gasteiger partial charge in [0.25, 0.3) is 0 Å². The van der Waals surface area contributed by atoms with Gasteiger partial charge >= 0.3 is 0 Å². The second kappa shape index (κ2) is 7.56. The van der Waals surface area contributed by atoms with E-state index < -0.39 is 0 Å². The van der Waals surface area contributed by atoms with Gasteiger partial charge in [-0.25, -0.2) is 0 Å². The van der Waals surface area contributed by atoms with Gasteiger partial charge in [-0.3, -0.25) is 9.89 Å². The number of H-pyrrole nitrogens is 1. The fourth-order valence-corrected chi connectivity index (χ4v) is 3.75. The highest BCUT2D eigenvalue weighted by atomic mass is 32.2. The molecule has 0 aliphatic heterocycles. The van der Waals surface area contributed by atoms with Crippen LogP contribution in [0, 0.1) is 13.8 Å². The predicted octanol–water partition coefficient (Wildman–Crippen LogP) is 3.27. The first-order valence-electron chi connectivity index (χ1n) is 9.03. The summed E-state index contributed by atoms with van der Waals surface area (Å²) in [7, 11) is 0. The Morgan fingerprint density at radius 3 is 2.70 bits per heavy atom. The third-order valence-corrected chi connectivity index (χ3v) is 5.56. The van der Waals surface area contributed by atoms with Crippen molar-refractivity contribution in [3.05, 3.63) is 53.1 Å². The van der Waals surface area contributed by atoms with Gasteiger partial charge in [0.05, 0.1) is 29.4 Å². The lowest BCUT2D eigenvalue weighted by molar-refractivity contribution is -0.113. The number of carbonyl (C=O) groups excluding carboxylic acids is 1. The quantitative estimate of drug-likeness (QED) is 0.612. The number of aromatic nitrogens is 5. The van der Waals surface area contributed by atoms with E-state index in [1.165, 1.54) is 17.3 Å². The van der Waals surface area contributed by atoms with Crippen molar-refractivity contribution in [3.8, 4) is 0 Å². The molecule has 0 unspecified atom stereocenters. The molecule has 0 radical (unpaired) electrons. The van der Waals surface area contributed by atoms with Crippen LogP contribution in [0.1, 0.15) is 41.5 Å². The van der Waals surface area contributed by atoms with Crippen LogP contribution in [0.3, 0.4) is 0 Å². The minimum Gasteiger partial charge on any atom is -0.322 e. The van der Waals surface area contributed by atoms with Crippen molar-refractivity contribution in [2.75, 3.05) is 11.1 Å². The SMILES string of the molecule is Cc1n[nH]c(C)c1NC(=O)CSc1nnc(C2CC2)n1Cc1ccccc1. The standard InChI is InChI=1S/C19H22N6OS/c1-12-17(13(2)22-21-12)20-16(26)11-27-19-24-23-18(15-8-9-15)25(19)10-14-6-4-3-5-7-14/h3-7,15H,8-11H2,1-2H3,(H,20,26)(H,21,22). The molecule has 2 aromatic heterocycles. The summed E-state index contributed by atoms with van der Waals surface area (Å²) >= 11 is 1.42. The van der Waals surface area contributed by atoms with Gasteiger partial charge in [0.1, 0.15) is 5.82 Å². The molecule has 1 aliphatic carbocycles.